The van der Waals surface area contributed by atoms with Gasteiger partial charge in [0.15, 0.2) is 0 Å². The molecule has 0 saturated carbocycles. The zero-order valence-corrected chi connectivity index (χ0v) is 20.9. The second-order valence-corrected chi connectivity index (χ2v) is 10.3. The molecule has 1 fully saturated rings. The molecule has 1 aliphatic heterocycles. The van der Waals surface area contributed by atoms with Crippen molar-refractivity contribution in [1.29, 1.82) is 5.26 Å². The summed E-state index contributed by atoms with van der Waals surface area (Å²) in [5, 5.41) is 20.9. The van der Waals surface area contributed by atoms with Crippen molar-refractivity contribution in [2.45, 2.75) is 31.6 Å². The Hall–Kier alpha value is -3.75. The molecule has 1 saturated heterocycles. The minimum atomic E-state index is -3.97. The molecule has 10 nitrogen and oxygen atoms in total. The number of amides is 2. The van der Waals surface area contributed by atoms with Gasteiger partial charge in [-0.15, -0.1) is 0 Å². The highest BCUT2D eigenvalue weighted by atomic mass is 32.2. The average Bonchev–Trinajstić information content (AvgIpc) is 2.89. The van der Waals surface area contributed by atoms with Gasteiger partial charge >= 0.3 is 5.97 Å². The summed E-state index contributed by atoms with van der Waals surface area (Å²) >= 11 is 0. The Morgan fingerprint density at radius 1 is 1.17 bits per heavy atom. The zero-order valence-electron chi connectivity index (χ0n) is 20.1. The molecule has 1 unspecified atom stereocenters. The van der Waals surface area contributed by atoms with E-state index < -0.39 is 27.8 Å². The molecule has 0 bridgehead atoms. The van der Waals surface area contributed by atoms with Crippen LogP contribution in [0, 0.1) is 17.2 Å². The largest absolute Gasteiger partial charge is 0.478 e. The standard InChI is InChI=1S/C25H28N4O6S/c1-3-28(4-2)24(31)19-8-6-12-29(16-19)36(34,35)20-9-5-7-18(14-20)23(30)27-22-11-10-17(15-26)13-21(22)25(32)33/h5,7,9-11,13-14,19H,3-4,6,8,12,16H2,1-2H3,(H,27,30)(H,32,33). The van der Waals surface area contributed by atoms with Crippen LogP contribution in [0.25, 0.3) is 0 Å². The predicted octanol–water partition coefficient (Wildman–Crippen LogP) is 2.78. The fraction of sp³-hybridized carbons (Fsp3) is 0.360. The van der Waals surface area contributed by atoms with Gasteiger partial charge in [-0.25, -0.2) is 13.2 Å². The summed E-state index contributed by atoms with van der Waals surface area (Å²) < 4.78 is 28.0. The lowest BCUT2D eigenvalue weighted by atomic mass is 9.98. The van der Waals surface area contributed by atoms with Gasteiger partial charge in [0.1, 0.15) is 0 Å². The molecule has 0 radical (unpaired) electrons. The smallest absolute Gasteiger partial charge is 0.337 e. The number of carboxylic acids is 1. The minimum Gasteiger partial charge on any atom is -0.478 e. The number of sulfonamides is 1. The van der Waals surface area contributed by atoms with Gasteiger partial charge in [0.25, 0.3) is 5.91 Å². The molecule has 0 aromatic heterocycles. The summed E-state index contributed by atoms with van der Waals surface area (Å²) in [6, 6.07) is 11.1. The van der Waals surface area contributed by atoms with Gasteiger partial charge in [0.05, 0.1) is 33.7 Å². The van der Waals surface area contributed by atoms with Crippen LogP contribution in [-0.2, 0) is 14.8 Å². The van der Waals surface area contributed by atoms with E-state index in [0.717, 1.165) is 6.07 Å². The molecule has 36 heavy (non-hydrogen) atoms. The van der Waals surface area contributed by atoms with Crippen molar-refractivity contribution in [3.8, 4) is 6.07 Å². The third kappa shape index (κ3) is 5.72. The normalized spacial score (nSPS) is 16.1. The fourth-order valence-corrected chi connectivity index (χ4v) is 5.77. The topological polar surface area (TPSA) is 148 Å². The quantitative estimate of drug-likeness (QED) is 0.552. The van der Waals surface area contributed by atoms with Crippen molar-refractivity contribution in [2.24, 2.45) is 5.92 Å². The van der Waals surface area contributed by atoms with Crippen LogP contribution in [-0.4, -0.2) is 66.7 Å². The van der Waals surface area contributed by atoms with E-state index in [4.69, 9.17) is 5.26 Å². The van der Waals surface area contributed by atoms with Crippen LogP contribution in [0.5, 0.6) is 0 Å². The van der Waals surface area contributed by atoms with Crippen molar-refractivity contribution in [3.05, 3.63) is 59.2 Å². The van der Waals surface area contributed by atoms with Crippen molar-refractivity contribution in [1.82, 2.24) is 9.21 Å². The number of hydrogen-bond acceptors (Lipinski definition) is 6. The number of anilines is 1. The van der Waals surface area contributed by atoms with Crippen LogP contribution in [0.3, 0.4) is 0 Å². The monoisotopic (exact) mass is 512 g/mol. The third-order valence-electron chi connectivity index (χ3n) is 6.17. The summed E-state index contributed by atoms with van der Waals surface area (Å²) in [5.74, 6) is -2.51. The Morgan fingerprint density at radius 3 is 2.53 bits per heavy atom. The van der Waals surface area contributed by atoms with Gasteiger partial charge in [-0.2, -0.15) is 9.57 Å². The van der Waals surface area contributed by atoms with Gasteiger partial charge in [-0.05, 0) is 63.1 Å². The lowest BCUT2D eigenvalue weighted by Crippen LogP contribution is -2.46. The van der Waals surface area contributed by atoms with Crippen molar-refractivity contribution < 1.29 is 27.9 Å². The van der Waals surface area contributed by atoms with Gasteiger partial charge < -0.3 is 15.3 Å². The first-order valence-electron chi connectivity index (χ1n) is 11.6. The first kappa shape index (κ1) is 26.8. The van der Waals surface area contributed by atoms with Crippen LogP contribution < -0.4 is 5.32 Å². The highest BCUT2D eigenvalue weighted by Crippen LogP contribution is 2.26. The minimum absolute atomic E-state index is 0.0181. The molecule has 2 aromatic rings. The predicted molar refractivity (Wildman–Crippen MR) is 132 cm³/mol. The van der Waals surface area contributed by atoms with Gasteiger partial charge in [0.2, 0.25) is 15.9 Å². The number of hydrogen-bond donors (Lipinski definition) is 2. The molecule has 2 N–H and O–H groups in total. The maximum atomic E-state index is 13.4. The number of rotatable bonds is 8. The number of benzene rings is 2. The summed E-state index contributed by atoms with van der Waals surface area (Å²) in [6.45, 7) is 5.21. The Bertz CT molecular complexity index is 1310. The van der Waals surface area contributed by atoms with E-state index in [-0.39, 0.29) is 46.3 Å². The number of nitriles is 1. The second-order valence-electron chi connectivity index (χ2n) is 8.37. The molecule has 1 heterocycles. The zero-order chi connectivity index (χ0) is 26.5. The van der Waals surface area contributed by atoms with Crippen LogP contribution >= 0.6 is 0 Å². The second kappa shape index (κ2) is 11.3. The average molecular weight is 513 g/mol. The number of piperidine rings is 1. The Balaban J connectivity index is 1.83. The molecular weight excluding hydrogens is 484 g/mol. The number of carbonyl (C=O) groups is 3. The lowest BCUT2D eigenvalue weighted by molar-refractivity contribution is -0.136. The Kier molecular flexibility index (Phi) is 8.45. The van der Waals surface area contributed by atoms with Crippen LogP contribution in [0.2, 0.25) is 0 Å². The summed E-state index contributed by atoms with van der Waals surface area (Å²) in [5.41, 5.74) is -0.140. The molecule has 2 amide bonds. The number of carbonyl (C=O) groups excluding carboxylic acids is 2. The van der Waals surface area contributed by atoms with Crippen molar-refractivity contribution in [3.63, 3.8) is 0 Å². The summed E-state index contributed by atoms with van der Waals surface area (Å²) in [6.07, 6.45) is 1.16. The van der Waals surface area contributed by atoms with E-state index in [9.17, 15) is 27.9 Å². The van der Waals surface area contributed by atoms with E-state index in [1.165, 1.54) is 40.7 Å². The third-order valence-corrected chi connectivity index (χ3v) is 8.03. The summed E-state index contributed by atoms with van der Waals surface area (Å²) in [7, 11) is -3.97. The number of aromatic carboxylic acids is 1. The lowest BCUT2D eigenvalue weighted by Gasteiger charge is -2.33. The fourth-order valence-electron chi connectivity index (χ4n) is 4.20. The number of carboxylic acid groups (broad SMARTS) is 1. The molecule has 0 spiro atoms. The summed E-state index contributed by atoms with van der Waals surface area (Å²) in [4.78, 5) is 38.8. The van der Waals surface area contributed by atoms with Gasteiger partial charge in [-0.3, -0.25) is 9.59 Å². The molecule has 0 aliphatic carbocycles. The number of nitrogens with one attached hydrogen (secondary N) is 1. The van der Waals surface area contributed by atoms with Gasteiger partial charge in [0, 0.05) is 31.7 Å². The van der Waals surface area contributed by atoms with E-state index in [1.54, 1.807) is 4.90 Å². The molecule has 2 aromatic carbocycles. The first-order valence-corrected chi connectivity index (χ1v) is 13.0. The molecule has 3 rings (SSSR count). The Labute approximate surface area is 210 Å². The maximum absolute atomic E-state index is 13.4. The highest BCUT2D eigenvalue weighted by molar-refractivity contribution is 7.89. The van der Waals surface area contributed by atoms with Crippen LogP contribution in [0.15, 0.2) is 47.4 Å². The maximum Gasteiger partial charge on any atom is 0.337 e. The molecule has 1 aliphatic rings. The molecular formula is C25H28N4O6S. The first-order chi connectivity index (χ1) is 17.1. The van der Waals surface area contributed by atoms with Gasteiger partial charge in [-0.1, -0.05) is 6.07 Å². The van der Waals surface area contributed by atoms with E-state index in [0.29, 0.717) is 25.9 Å². The SMILES string of the molecule is CCN(CC)C(=O)C1CCCN(S(=O)(=O)c2cccc(C(=O)Nc3ccc(C#N)cc3C(=O)O)c2)C1. The highest BCUT2D eigenvalue weighted by Gasteiger charge is 2.34. The Morgan fingerprint density at radius 2 is 1.89 bits per heavy atom. The number of nitrogens with zero attached hydrogens (tertiary/aromatic N) is 3. The van der Waals surface area contributed by atoms with E-state index in [2.05, 4.69) is 5.32 Å². The van der Waals surface area contributed by atoms with Crippen LogP contribution in [0.4, 0.5) is 5.69 Å². The molecule has 11 heteroatoms. The molecule has 1 atom stereocenters. The van der Waals surface area contributed by atoms with E-state index in [1.807, 2.05) is 19.9 Å². The van der Waals surface area contributed by atoms with E-state index >= 15 is 0 Å². The molecule has 190 valence electrons. The van der Waals surface area contributed by atoms with Crippen molar-refractivity contribution >= 4 is 33.5 Å². The van der Waals surface area contributed by atoms with Crippen molar-refractivity contribution in [2.75, 3.05) is 31.5 Å². The van der Waals surface area contributed by atoms with Crippen LogP contribution in [0.1, 0.15) is 53.0 Å².